The molecule has 0 saturated heterocycles. The number of hydrogen-bond acceptors (Lipinski definition) is 3. The maximum Gasteiger partial charge on any atom is 0.125 e. The maximum atomic E-state index is 9.93. The van der Waals surface area contributed by atoms with Crippen LogP contribution in [0.25, 0.3) is 0 Å². The third kappa shape index (κ3) is 3.86. The van der Waals surface area contributed by atoms with Crippen molar-refractivity contribution in [1.29, 1.82) is 0 Å². The van der Waals surface area contributed by atoms with E-state index in [1.807, 2.05) is 55.6 Å². The Bertz CT molecular complexity index is 468. The van der Waals surface area contributed by atoms with Crippen molar-refractivity contribution >= 4 is 5.82 Å². The monoisotopic (exact) mass is 242 g/mol. The van der Waals surface area contributed by atoms with Crippen LogP contribution in [0.3, 0.4) is 0 Å². The number of aromatic nitrogens is 1. The number of rotatable bonds is 5. The minimum Gasteiger partial charge on any atom is -0.391 e. The Hall–Kier alpha value is -1.87. The molecule has 0 unspecified atom stereocenters. The van der Waals surface area contributed by atoms with Gasteiger partial charge in [0.05, 0.1) is 6.10 Å². The van der Waals surface area contributed by atoms with E-state index in [1.54, 1.807) is 0 Å². The number of aliphatic hydroxyl groups excluding tert-OH is 1. The van der Waals surface area contributed by atoms with Crippen molar-refractivity contribution in [2.75, 3.05) is 11.9 Å². The lowest BCUT2D eigenvalue weighted by Gasteiger charge is -2.12. The van der Waals surface area contributed by atoms with Crippen LogP contribution in [0.15, 0.2) is 48.7 Å². The number of benzene rings is 1. The van der Waals surface area contributed by atoms with Crippen LogP contribution in [0.4, 0.5) is 5.82 Å². The van der Waals surface area contributed by atoms with Gasteiger partial charge >= 0.3 is 0 Å². The van der Waals surface area contributed by atoms with E-state index < -0.39 is 6.10 Å². The first kappa shape index (κ1) is 12.6. The zero-order chi connectivity index (χ0) is 12.8. The van der Waals surface area contributed by atoms with E-state index in [-0.39, 0.29) is 0 Å². The molecule has 2 aromatic rings. The van der Waals surface area contributed by atoms with Gasteiger partial charge in [-0.05, 0) is 24.1 Å². The van der Waals surface area contributed by atoms with Gasteiger partial charge in [-0.15, -0.1) is 0 Å². The summed E-state index contributed by atoms with van der Waals surface area (Å²) in [5.74, 6) is 0.799. The van der Waals surface area contributed by atoms with Crippen molar-refractivity contribution in [1.82, 2.24) is 4.98 Å². The van der Waals surface area contributed by atoms with Crippen LogP contribution in [-0.2, 0) is 6.42 Å². The van der Waals surface area contributed by atoms with E-state index in [0.29, 0.717) is 13.0 Å². The summed E-state index contributed by atoms with van der Waals surface area (Å²) in [5.41, 5.74) is 2.27. The highest BCUT2D eigenvalue weighted by molar-refractivity contribution is 5.35. The van der Waals surface area contributed by atoms with Crippen molar-refractivity contribution in [3.8, 4) is 0 Å². The lowest BCUT2D eigenvalue weighted by atomic mass is 10.1. The van der Waals surface area contributed by atoms with Crippen LogP contribution in [-0.4, -0.2) is 22.7 Å². The molecule has 18 heavy (non-hydrogen) atoms. The molecule has 0 bridgehead atoms. The third-order valence-electron chi connectivity index (χ3n) is 2.74. The van der Waals surface area contributed by atoms with Gasteiger partial charge in [-0.3, -0.25) is 0 Å². The number of pyridine rings is 1. The van der Waals surface area contributed by atoms with Crippen LogP contribution in [0, 0.1) is 6.92 Å². The zero-order valence-electron chi connectivity index (χ0n) is 10.5. The Morgan fingerprint density at radius 1 is 1.17 bits per heavy atom. The summed E-state index contributed by atoms with van der Waals surface area (Å²) in [4.78, 5) is 4.24. The standard InChI is InChI=1S/C15H18N2O/c1-12-7-8-15(16-10-12)17-11-14(18)9-13-5-3-2-4-6-13/h2-8,10,14,18H,9,11H2,1H3,(H,16,17)/t14-/m1/s1. The second-order valence-electron chi connectivity index (χ2n) is 4.45. The first-order chi connectivity index (χ1) is 8.74. The highest BCUT2D eigenvalue weighted by atomic mass is 16.3. The number of nitrogens with zero attached hydrogens (tertiary/aromatic N) is 1. The summed E-state index contributed by atoms with van der Waals surface area (Å²) in [5, 5.41) is 13.1. The molecule has 1 aromatic heterocycles. The fourth-order valence-electron chi connectivity index (χ4n) is 1.75. The number of anilines is 1. The molecule has 0 aliphatic carbocycles. The van der Waals surface area contributed by atoms with Crippen LogP contribution in [0.2, 0.25) is 0 Å². The van der Waals surface area contributed by atoms with Crippen molar-refractivity contribution in [3.05, 3.63) is 59.8 Å². The van der Waals surface area contributed by atoms with Crippen LogP contribution in [0.5, 0.6) is 0 Å². The van der Waals surface area contributed by atoms with Crippen molar-refractivity contribution in [2.45, 2.75) is 19.4 Å². The molecular formula is C15H18N2O. The molecule has 0 saturated carbocycles. The van der Waals surface area contributed by atoms with Gasteiger partial charge in [0.15, 0.2) is 0 Å². The zero-order valence-corrected chi connectivity index (χ0v) is 10.5. The van der Waals surface area contributed by atoms with Gasteiger partial charge < -0.3 is 10.4 Å². The van der Waals surface area contributed by atoms with Gasteiger partial charge in [-0.25, -0.2) is 4.98 Å². The van der Waals surface area contributed by atoms with E-state index in [1.165, 1.54) is 0 Å². The lowest BCUT2D eigenvalue weighted by molar-refractivity contribution is 0.188. The molecule has 2 rings (SSSR count). The van der Waals surface area contributed by atoms with Crippen molar-refractivity contribution in [3.63, 3.8) is 0 Å². The number of aryl methyl sites for hydroxylation is 1. The molecule has 1 atom stereocenters. The van der Waals surface area contributed by atoms with E-state index in [0.717, 1.165) is 16.9 Å². The van der Waals surface area contributed by atoms with E-state index in [9.17, 15) is 5.11 Å². The van der Waals surface area contributed by atoms with Gasteiger partial charge in [0.1, 0.15) is 5.82 Å². The molecule has 0 fully saturated rings. The highest BCUT2D eigenvalue weighted by Crippen LogP contribution is 2.06. The first-order valence-electron chi connectivity index (χ1n) is 6.12. The normalized spacial score (nSPS) is 12.1. The molecule has 0 radical (unpaired) electrons. The minimum absolute atomic E-state index is 0.407. The van der Waals surface area contributed by atoms with Gasteiger partial charge in [-0.2, -0.15) is 0 Å². The maximum absolute atomic E-state index is 9.93. The molecule has 3 heteroatoms. The molecule has 1 aromatic carbocycles. The van der Waals surface area contributed by atoms with Crippen LogP contribution >= 0.6 is 0 Å². The number of nitrogens with one attached hydrogen (secondary N) is 1. The summed E-state index contributed by atoms with van der Waals surface area (Å²) >= 11 is 0. The van der Waals surface area contributed by atoms with E-state index in [2.05, 4.69) is 10.3 Å². The summed E-state index contributed by atoms with van der Waals surface area (Å²) in [6.45, 7) is 2.51. The molecule has 0 amide bonds. The van der Waals surface area contributed by atoms with Gasteiger partial charge in [-0.1, -0.05) is 36.4 Å². The van der Waals surface area contributed by atoms with Crippen molar-refractivity contribution in [2.24, 2.45) is 0 Å². The Balaban J connectivity index is 1.81. The SMILES string of the molecule is Cc1ccc(NC[C@H](O)Cc2ccccc2)nc1. The first-order valence-corrected chi connectivity index (χ1v) is 6.12. The molecule has 0 spiro atoms. The van der Waals surface area contributed by atoms with Crippen molar-refractivity contribution < 1.29 is 5.11 Å². The predicted octanol–water partition coefficient (Wildman–Crippen LogP) is 2.41. The molecule has 94 valence electrons. The Kier molecular flexibility index (Phi) is 4.31. The highest BCUT2D eigenvalue weighted by Gasteiger charge is 2.05. The van der Waals surface area contributed by atoms with Crippen LogP contribution < -0.4 is 5.32 Å². The fourth-order valence-corrected chi connectivity index (χ4v) is 1.75. The quantitative estimate of drug-likeness (QED) is 0.846. The van der Waals surface area contributed by atoms with E-state index in [4.69, 9.17) is 0 Å². The van der Waals surface area contributed by atoms with Gasteiger partial charge in [0.2, 0.25) is 0 Å². The smallest absolute Gasteiger partial charge is 0.125 e. The molecule has 0 aliphatic heterocycles. The summed E-state index contributed by atoms with van der Waals surface area (Å²) in [6, 6.07) is 13.9. The number of hydrogen-bond donors (Lipinski definition) is 2. The Morgan fingerprint density at radius 3 is 2.61 bits per heavy atom. The summed E-state index contributed by atoms with van der Waals surface area (Å²) in [6.07, 6.45) is 2.06. The Labute approximate surface area is 108 Å². The fraction of sp³-hybridized carbons (Fsp3) is 0.267. The molecule has 3 nitrogen and oxygen atoms in total. The summed E-state index contributed by atoms with van der Waals surface area (Å²) in [7, 11) is 0. The van der Waals surface area contributed by atoms with E-state index >= 15 is 0 Å². The Morgan fingerprint density at radius 2 is 1.94 bits per heavy atom. The number of aliphatic hydroxyl groups is 1. The second-order valence-corrected chi connectivity index (χ2v) is 4.45. The lowest BCUT2D eigenvalue weighted by Crippen LogP contribution is -2.22. The summed E-state index contributed by atoms with van der Waals surface area (Å²) < 4.78 is 0. The average molecular weight is 242 g/mol. The van der Waals surface area contributed by atoms with Crippen LogP contribution in [0.1, 0.15) is 11.1 Å². The molecule has 1 heterocycles. The molecule has 2 N–H and O–H groups in total. The van der Waals surface area contributed by atoms with Gasteiger partial charge in [0.25, 0.3) is 0 Å². The predicted molar refractivity (Wildman–Crippen MR) is 73.6 cm³/mol. The molecule has 0 aliphatic rings. The largest absolute Gasteiger partial charge is 0.391 e. The molecular weight excluding hydrogens is 224 g/mol. The second kappa shape index (κ2) is 6.17. The topological polar surface area (TPSA) is 45.1 Å². The average Bonchev–Trinajstić information content (AvgIpc) is 2.39. The third-order valence-corrected chi connectivity index (χ3v) is 2.74. The van der Waals surface area contributed by atoms with Gasteiger partial charge in [0, 0.05) is 19.2 Å². The minimum atomic E-state index is -0.407.